The predicted molar refractivity (Wildman–Crippen MR) is 162 cm³/mol. The molecule has 0 spiro atoms. The van der Waals surface area contributed by atoms with Crippen LogP contribution in [-0.2, 0) is 19.3 Å². The average Bonchev–Trinajstić information content (AvgIpc) is 3.47. The summed E-state index contributed by atoms with van der Waals surface area (Å²) in [6.45, 7) is 6.83. The lowest BCUT2D eigenvalue weighted by Crippen LogP contribution is -2.69. The van der Waals surface area contributed by atoms with E-state index in [0.717, 1.165) is 0 Å². The molecule has 0 saturated heterocycles. The Morgan fingerprint density at radius 3 is 1.06 bits per heavy atom. The van der Waals surface area contributed by atoms with Crippen molar-refractivity contribution in [3.8, 4) is 0 Å². The van der Waals surface area contributed by atoms with Crippen LogP contribution in [0.25, 0.3) is 0 Å². The highest BCUT2D eigenvalue weighted by Gasteiger charge is 2.45. The first-order chi connectivity index (χ1) is 17.7. The molecule has 1 heteroatoms. The summed E-state index contributed by atoms with van der Waals surface area (Å²) >= 11 is 0. The van der Waals surface area contributed by atoms with Crippen LogP contribution in [0, 0.1) is 0 Å². The van der Waals surface area contributed by atoms with Crippen LogP contribution < -0.4 is 15.6 Å². The van der Waals surface area contributed by atoms with Crippen LogP contribution in [0.4, 0.5) is 0 Å². The Labute approximate surface area is 221 Å². The molecule has 0 aliphatic heterocycles. The fourth-order valence-corrected chi connectivity index (χ4v) is 10.8. The molecule has 188 valence electrons. The summed E-state index contributed by atoms with van der Waals surface area (Å²) in [7, 11) is -2.33. The molecule has 0 saturated carbocycles. The van der Waals surface area contributed by atoms with E-state index in [0.29, 0.717) is 5.54 Å². The highest BCUT2D eigenvalue weighted by molar-refractivity contribution is 7.13. The van der Waals surface area contributed by atoms with E-state index in [1.165, 1.54) is 90.0 Å². The zero-order valence-corrected chi connectivity index (χ0v) is 23.7. The standard InChI is InChI=1S/C35H44Si/c1-4-7-12-29-17-23-33(24-18-29)36(32-15-10-11-16-32,34-25-19-30(20-26-34)13-8-5-2)35-27-21-31(22-28-35)14-9-6-3/h10-11,15-28,32H,4-9,12-14H2,1-3H3. The molecule has 0 bridgehead atoms. The molecule has 0 N–H and O–H groups in total. The molecule has 0 aromatic heterocycles. The maximum Gasteiger partial charge on any atom is 0.158 e. The molecule has 0 nitrogen and oxygen atoms in total. The van der Waals surface area contributed by atoms with Crippen LogP contribution >= 0.6 is 0 Å². The third kappa shape index (κ3) is 5.84. The molecule has 0 radical (unpaired) electrons. The van der Waals surface area contributed by atoms with Crippen molar-refractivity contribution in [3.63, 3.8) is 0 Å². The van der Waals surface area contributed by atoms with E-state index in [1.54, 1.807) is 0 Å². The lowest BCUT2D eigenvalue weighted by molar-refractivity contribution is 0.795. The molecule has 0 unspecified atom stereocenters. The zero-order valence-electron chi connectivity index (χ0n) is 22.7. The number of unbranched alkanes of at least 4 members (excludes halogenated alkanes) is 3. The van der Waals surface area contributed by atoms with Gasteiger partial charge in [-0.15, -0.1) is 0 Å². The van der Waals surface area contributed by atoms with Crippen molar-refractivity contribution in [1.29, 1.82) is 0 Å². The lowest BCUT2D eigenvalue weighted by Gasteiger charge is -2.38. The zero-order chi connectivity index (χ0) is 25.2. The van der Waals surface area contributed by atoms with Gasteiger partial charge in [0, 0.05) is 5.54 Å². The van der Waals surface area contributed by atoms with Gasteiger partial charge in [0.05, 0.1) is 0 Å². The van der Waals surface area contributed by atoms with Gasteiger partial charge in [0.15, 0.2) is 8.07 Å². The molecule has 4 rings (SSSR count). The Balaban J connectivity index is 1.85. The Bertz CT molecular complexity index is 980. The summed E-state index contributed by atoms with van der Waals surface area (Å²) in [6.07, 6.45) is 20.4. The summed E-state index contributed by atoms with van der Waals surface area (Å²) in [5.74, 6) is 0. The van der Waals surface area contributed by atoms with Crippen LogP contribution in [0.5, 0.6) is 0 Å². The minimum atomic E-state index is -2.33. The van der Waals surface area contributed by atoms with Crippen LogP contribution in [-0.4, -0.2) is 8.07 Å². The molecular weight excluding hydrogens is 448 g/mol. The van der Waals surface area contributed by atoms with Gasteiger partial charge in [0.25, 0.3) is 0 Å². The van der Waals surface area contributed by atoms with Gasteiger partial charge in [-0.3, -0.25) is 0 Å². The van der Waals surface area contributed by atoms with Crippen LogP contribution in [0.1, 0.15) is 76.0 Å². The van der Waals surface area contributed by atoms with Crippen LogP contribution in [0.15, 0.2) is 97.1 Å². The third-order valence-corrected chi connectivity index (χ3v) is 13.0. The summed E-state index contributed by atoms with van der Waals surface area (Å²) in [6, 6.07) is 29.2. The number of allylic oxidation sites excluding steroid dienone is 4. The number of benzene rings is 3. The summed E-state index contributed by atoms with van der Waals surface area (Å²) < 4.78 is 0. The average molecular weight is 493 g/mol. The Hall–Kier alpha value is -2.64. The Morgan fingerprint density at radius 1 is 0.472 bits per heavy atom. The highest BCUT2D eigenvalue weighted by atomic mass is 28.3. The molecule has 0 heterocycles. The van der Waals surface area contributed by atoms with Crippen molar-refractivity contribution in [1.82, 2.24) is 0 Å². The molecule has 0 atom stereocenters. The first-order valence-corrected chi connectivity index (χ1v) is 16.4. The molecule has 3 aromatic carbocycles. The minimum absolute atomic E-state index is 0.418. The van der Waals surface area contributed by atoms with Crippen molar-refractivity contribution in [2.45, 2.75) is 84.1 Å². The van der Waals surface area contributed by atoms with Gasteiger partial charge in [-0.05, 0) is 70.8 Å². The Morgan fingerprint density at radius 2 is 0.778 bits per heavy atom. The highest BCUT2D eigenvalue weighted by Crippen LogP contribution is 2.29. The smallest absolute Gasteiger partial charge is 0.0793 e. The SMILES string of the molecule is CCCCc1ccc([Si](c2ccc(CCCC)cc2)(c2ccc(CCCC)cc2)C2C=CC=C2)cc1. The number of hydrogen-bond donors (Lipinski definition) is 0. The van der Waals surface area contributed by atoms with E-state index in [-0.39, 0.29) is 0 Å². The second kappa shape index (κ2) is 13.1. The molecule has 0 amide bonds. The van der Waals surface area contributed by atoms with Crippen molar-refractivity contribution in [2.75, 3.05) is 0 Å². The van der Waals surface area contributed by atoms with Gasteiger partial charge < -0.3 is 0 Å². The van der Waals surface area contributed by atoms with E-state index >= 15 is 0 Å². The molecule has 36 heavy (non-hydrogen) atoms. The maximum atomic E-state index is 2.47. The van der Waals surface area contributed by atoms with Crippen LogP contribution in [0.2, 0.25) is 5.54 Å². The summed E-state index contributed by atoms with van der Waals surface area (Å²) in [5.41, 5.74) is 4.81. The molecule has 3 aromatic rings. The van der Waals surface area contributed by atoms with Crippen molar-refractivity contribution in [3.05, 3.63) is 114 Å². The van der Waals surface area contributed by atoms with Crippen molar-refractivity contribution < 1.29 is 0 Å². The van der Waals surface area contributed by atoms with E-state index in [1.807, 2.05) is 0 Å². The topological polar surface area (TPSA) is 0 Å². The van der Waals surface area contributed by atoms with Crippen LogP contribution in [0.3, 0.4) is 0 Å². The number of hydrogen-bond acceptors (Lipinski definition) is 0. The van der Waals surface area contributed by atoms with Gasteiger partial charge in [-0.25, -0.2) is 0 Å². The molecule has 1 aliphatic rings. The van der Waals surface area contributed by atoms with E-state index in [4.69, 9.17) is 0 Å². The van der Waals surface area contributed by atoms with E-state index in [2.05, 4.69) is 118 Å². The van der Waals surface area contributed by atoms with E-state index in [9.17, 15) is 0 Å². The molecule has 0 fully saturated rings. The number of rotatable bonds is 13. The fraction of sp³-hybridized carbons (Fsp3) is 0.371. The van der Waals surface area contributed by atoms with E-state index < -0.39 is 8.07 Å². The maximum absolute atomic E-state index is 2.47. The third-order valence-electron chi connectivity index (χ3n) is 7.93. The Kier molecular flexibility index (Phi) is 9.58. The summed E-state index contributed by atoms with van der Waals surface area (Å²) in [4.78, 5) is 0. The van der Waals surface area contributed by atoms with Gasteiger partial charge in [0.2, 0.25) is 0 Å². The largest absolute Gasteiger partial charge is 0.158 e. The predicted octanol–water partition coefficient (Wildman–Crippen LogP) is 7.68. The first kappa shape index (κ1) is 26.4. The second-order valence-electron chi connectivity index (χ2n) is 10.5. The minimum Gasteiger partial charge on any atom is -0.0793 e. The normalized spacial score (nSPS) is 13.5. The van der Waals surface area contributed by atoms with Gasteiger partial charge in [0.1, 0.15) is 0 Å². The molecule has 1 aliphatic carbocycles. The monoisotopic (exact) mass is 492 g/mol. The van der Waals surface area contributed by atoms with Crippen molar-refractivity contribution in [2.24, 2.45) is 0 Å². The van der Waals surface area contributed by atoms with Crippen molar-refractivity contribution >= 4 is 23.6 Å². The fourth-order valence-electron chi connectivity index (χ4n) is 5.74. The van der Waals surface area contributed by atoms with Gasteiger partial charge in [-0.1, -0.05) is 137 Å². The van der Waals surface area contributed by atoms with Gasteiger partial charge >= 0.3 is 0 Å². The van der Waals surface area contributed by atoms with Gasteiger partial charge in [-0.2, -0.15) is 0 Å². The lowest BCUT2D eigenvalue weighted by atomic mass is 10.1. The molecular formula is C35H44Si. The second-order valence-corrected chi connectivity index (χ2v) is 14.5. The number of aryl methyl sites for hydroxylation is 3. The summed E-state index contributed by atoms with van der Waals surface area (Å²) in [5, 5.41) is 4.56. The quantitative estimate of drug-likeness (QED) is 0.169. The first-order valence-electron chi connectivity index (χ1n) is 14.4.